The molecule has 0 radical (unpaired) electrons. The van der Waals surface area contributed by atoms with E-state index in [9.17, 15) is 4.79 Å². The van der Waals surface area contributed by atoms with Gasteiger partial charge in [-0.3, -0.25) is 4.79 Å². The van der Waals surface area contributed by atoms with Gasteiger partial charge in [0.15, 0.2) is 0 Å². The lowest BCUT2D eigenvalue weighted by Gasteiger charge is -2.06. The maximum absolute atomic E-state index is 11.7. The van der Waals surface area contributed by atoms with Gasteiger partial charge in [0, 0.05) is 13.2 Å². The Kier molecular flexibility index (Phi) is 6.26. The minimum Gasteiger partial charge on any atom is -0.396 e. The topological polar surface area (TPSA) is 62.2 Å². The molecular weight excluding hydrogens is 263 g/mol. The fourth-order valence-electron chi connectivity index (χ4n) is 1.29. The first-order valence-electron chi connectivity index (χ1n) is 5.36. The summed E-state index contributed by atoms with van der Waals surface area (Å²) < 4.78 is 0. The Balaban J connectivity index is 2.42. The third kappa shape index (κ3) is 4.89. The number of aliphatic hydroxyl groups excluding tert-OH is 1. The summed E-state index contributed by atoms with van der Waals surface area (Å²) in [6.07, 6.45) is 2.45. The largest absolute Gasteiger partial charge is 0.396 e. The number of aromatic nitrogens is 1. The first-order valence-corrected chi connectivity index (χ1v) is 6.12. The fraction of sp³-hybridized carbons (Fsp3) is 0.455. The average Bonchev–Trinajstić information content (AvgIpc) is 2.28. The van der Waals surface area contributed by atoms with E-state index in [1.54, 1.807) is 6.07 Å². The van der Waals surface area contributed by atoms with Gasteiger partial charge in [-0.2, -0.15) is 0 Å². The zero-order valence-corrected chi connectivity index (χ0v) is 10.8. The third-order valence-electron chi connectivity index (χ3n) is 2.18. The van der Waals surface area contributed by atoms with Gasteiger partial charge in [0.25, 0.3) is 5.91 Å². The van der Waals surface area contributed by atoms with Crippen LogP contribution in [0, 0.1) is 0 Å². The second-order valence-electron chi connectivity index (χ2n) is 3.51. The Morgan fingerprint density at radius 3 is 2.71 bits per heavy atom. The van der Waals surface area contributed by atoms with Gasteiger partial charge in [0.1, 0.15) is 10.3 Å². The van der Waals surface area contributed by atoms with Crippen LogP contribution >= 0.6 is 23.2 Å². The summed E-state index contributed by atoms with van der Waals surface area (Å²) in [6.45, 7) is 0.735. The second-order valence-corrected chi connectivity index (χ2v) is 4.26. The van der Waals surface area contributed by atoms with Gasteiger partial charge in [-0.15, -0.1) is 0 Å². The van der Waals surface area contributed by atoms with Crippen molar-refractivity contribution >= 4 is 29.1 Å². The van der Waals surface area contributed by atoms with Crippen molar-refractivity contribution in [3.63, 3.8) is 0 Å². The molecule has 17 heavy (non-hydrogen) atoms. The number of carbonyl (C=O) groups is 1. The van der Waals surface area contributed by atoms with Crippen molar-refractivity contribution in [1.82, 2.24) is 10.3 Å². The summed E-state index contributed by atoms with van der Waals surface area (Å²) in [7, 11) is 0. The first kappa shape index (κ1) is 14.2. The van der Waals surface area contributed by atoms with E-state index in [4.69, 9.17) is 28.3 Å². The number of hydrogen-bond donors (Lipinski definition) is 2. The van der Waals surface area contributed by atoms with Gasteiger partial charge in [-0.05, 0) is 31.4 Å². The molecule has 1 rings (SSSR count). The van der Waals surface area contributed by atoms with Gasteiger partial charge < -0.3 is 10.4 Å². The Morgan fingerprint density at radius 1 is 1.29 bits per heavy atom. The van der Waals surface area contributed by atoms with Crippen LogP contribution in [0.3, 0.4) is 0 Å². The maximum atomic E-state index is 11.7. The van der Waals surface area contributed by atoms with Gasteiger partial charge in [0.2, 0.25) is 0 Å². The molecule has 6 heteroatoms. The second kappa shape index (κ2) is 7.48. The summed E-state index contributed by atoms with van der Waals surface area (Å²) in [6, 6.07) is 3.06. The highest BCUT2D eigenvalue weighted by molar-refractivity contribution is 6.34. The van der Waals surface area contributed by atoms with Gasteiger partial charge in [-0.25, -0.2) is 4.98 Å². The highest BCUT2D eigenvalue weighted by Crippen LogP contribution is 2.16. The van der Waals surface area contributed by atoms with Crippen LogP contribution in [0.15, 0.2) is 12.1 Å². The van der Waals surface area contributed by atoms with Gasteiger partial charge in [-0.1, -0.05) is 23.2 Å². The van der Waals surface area contributed by atoms with Crippen LogP contribution in [0.25, 0.3) is 0 Å². The molecule has 0 fully saturated rings. The third-order valence-corrected chi connectivity index (χ3v) is 2.68. The van der Waals surface area contributed by atoms with Crippen molar-refractivity contribution in [3.8, 4) is 0 Å². The summed E-state index contributed by atoms with van der Waals surface area (Å²) in [5.74, 6) is -0.261. The molecule has 0 bridgehead atoms. The van der Waals surface area contributed by atoms with Crippen molar-refractivity contribution in [2.24, 2.45) is 0 Å². The number of halogens is 2. The van der Waals surface area contributed by atoms with Crippen molar-refractivity contribution in [3.05, 3.63) is 28.0 Å². The predicted octanol–water partition coefficient (Wildman–Crippen LogP) is 2.28. The van der Waals surface area contributed by atoms with Gasteiger partial charge >= 0.3 is 0 Å². The molecule has 1 aromatic heterocycles. The maximum Gasteiger partial charge on any atom is 0.254 e. The molecule has 1 amide bonds. The smallest absolute Gasteiger partial charge is 0.254 e. The summed E-state index contributed by atoms with van der Waals surface area (Å²) in [4.78, 5) is 15.5. The summed E-state index contributed by atoms with van der Waals surface area (Å²) in [5, 5.41) is 11.7. The molecule has 0 atom stereocenters. The molecule has 0 saturated heterocycles. The van der Waals surface area contributed by atoms with Crippen LogP contribution in [-0.2, 0) is 0 Å². The lowest BCUT2D eigenvalue weighted by molar-refractivity contribution is 0.0952. The van der Waals surface area contributed by atoms with E-state index in [0.29, 0.717) is 12.1 Å². The van der Waals surface area contributed by atoms with Crippen molar-refractivity contribution in [1.29, 1.82) is 0 Å². The fourth-order valence-corrected chi connectivity index (χ4v) is 1.72. The molecular formula is C11H14Cl2N2O2. The van der Waals surface area contributed by atoms with E-state index in [0.717, 1.165) is 19.3 Å². The quantitative estimate of drug-likeness (QED) is 0.619. The Morgan fingerprint density at radius 2 is 2.06 bits per heavy atom. The molecule has 0 unspecified atom stereocenters. The molecule has 2 N–H and O–H groups in total. The van der Waals surface area contributed by atoms with Crippen molar-refractivity contribution < 1.29 is 9.90 Å². The Hall–Kier alpha value is -0.840. The normalized spacial score (nSPS) is 10.3. The van der Waals surface area contributed by atoms with Crippen LogP contribution in [0.4, 0.5) is 0 Å². The van der Waals surface area contributed by atoms with Crippen LogP contribution < -0.4 is 5.32 Å². The number of hydrogen-bond acceptors (Lipinski definition) is 3. The van der Waals surface area contributed by atoms with Crippen LogP contribution in [0.1, 0.15) is 29.6 Å². The van der Waals surface area contributed by atoms with Crippen molar-refractivity contribution in [2.45, 2.75) is 19.3 Å². The lowest BCUT2D eigenvalue weighted by atomic mass is 10.2. The van der Waals surface area contributed by atoms with E-state index in [1.165, 1.54) is 6.07 Å². The molecule has 0 aliphatic carbocycles. The molecule has 0 saturated carbocycles. The van der Waals surface area contributed by atoms with Crippen molar-refractivity contribution in [2.75, 3.05) is 13.2 Å². The highest BCUT2D eigenvalue weighted by atomic mass is 35.5. The van der Waals surface area contributed by atoms with Crippen LogP contribution in [0.2, 0.25) is 10.3 Å². The van der Waals surface area contributed by atoms with E-state index in [-0.39, 0.29) is 22.8 Å². The minimum absolute atomic E-state index is 0.102. The number of nitrogens with zero attached hydrogens (tertiary/aromatic N) is 1. The number of unbranched alkanes of at least 4 members (excludes halogenated alkanes) is 2. The number of carbonyl (C=O) groups excluding carboxylic acids is 1. The summed E-state index contributed by atoms with van der Waals surface area (Å²) in [5.41, 5.74) is 0.318. The first-order chi connectivity index (χ1) is 8.15. The molecule has 94 valence electrons. The average molecular weight is 277 g/mol. The Labute approximate surface area is 110 Å². The zero-order chi connectivity index (χ0) is 12.7. The predicted molar refractivity (Wildman–Crippen MR) is 67.5 cm³/mol. The van der Waals surface area contributed by atoms with E-state index >= 15 is 0 Å². The molecule has 4 nitrogen and oxygen atoms in total. The number of nitrogens with one attached hydrogen (secondary N) is 1. The van der Waals surface area contributed by atoms with E-state index < -0.39 is 0 Å². The van der Waals surface area contributed by atoms with Crippen LogP contribution in [-0.4, -0.2) is 29.1 Å². The standard InChI is InChI=1S/C11H14Cl2N2O2/c12-9-5-4-8(10(13)15-9)11(17)14-6-2-1-3-7-16/h4-5,16H,1-3,6-7H2,(H,14,17). The van der Waals surface area contributed by atoms with Crippen LogP contribution in [0.5, 0.6) is 0 Å². The molecule has 1 aromatic rings. The molecule has 0 aliphatic rings. The molecule has 1 heterocycles. The zero-order valence-electron chi connectivity index (χ0n) is 9.25. The number of aliphatic hydroxyl groups is 1. The van der Waals surface area contributed by atoms with Gasteiger partial charge in [0.05, 0.1) is 5.56 Å². The number of pyridine rings is 1. The lowest BCUT2D eigenvalue weighted by Crippen LogP contribution is -2.25. The number of rotatable bonds is 6. The SMILES string of the molecule is O=C(NCCCCCO)c1ccc(Cl)nc1Cl. The summed E-state index contributed by atoms with van der Waals surface area (Å²) >= 11 is 11.4. The van der Waals surface area contributed by atoms with E-state index in [2.05, 4.69) is 10.3 Å². The molecule has 0 aliphatic heterocycles. The Bertz CT molecular complexity index is 386. The molecule has 0 aromatic carbocycles. The highest BCUT2D eigenvalue weighted by Gasteiger charge is 2.10. The minimum atomic E-state index is -0.261. The number of amides is 1. The molecule has 0 spiro atoms. The van der Waals surface area contributed by atoms with E-state index in [1.807, 2.05) is 0 Å². The monoisotopic (exact) mass is 276 g/mol.